The first-order chi connectivity index (χ1) is 11.0. The van der Waals surface area contributed by atoms with Crippen LogP contribution >= 0.6 is 11.5 Å². The minimum atomic E-state index is 0.379. The monoisotopic (exact) mass is 332 g/mol. The molecule has 1 atom stereocenters. The molecule has 1 aliphatic rings. The van der Waals surface area contributed by atoms with Gasteiger partial charge in [0.1, 0.15) is 5.82 Å². The van der Waals surface area contributed by atoms with E-state index < -0.39 is 0 Å². The van der Waals surface area contributed by atoms with Gasteiger partial charge < -0.3 is 9.80 Å². The average Bonchev–Trinajstić information content (AvgIpc) is 3.05. The van der Waals surface area contributed by atoms with Crippen molar-refractivity contribution in [3.05, 3.63) is 23.8 Å². The zero-order chi connectivity index (χ0) is 16.4. The standard InChI is InChI=1S/C16H24N6S/c1-11(2)14-19-16(23-20-14)22-7-5-6-13(10-22)21(4)15-17-8-12(3)9-18-15/h8-9,11,13H,5-7,10H2,1-4H3. The average molecular weight is 332 g/mol. The summed E-state index contributed by atoms with van der Waals surface area (Å²) >= 11 is 1.51. The van der Waals surface area contributed by atoms with Gasteiger partial charge in [0.25, 0.3) is 0 Å². The van der Waals surface area contributed by atoms with Gasteiger partial charge in [0.15, 0.2) is 0 Å². The van der Waals surface area contributed by atoms with Crippen LogP contribution in [0, 0.1) is 6.92 Å². The first kappa shape index (κ1) is 16.1. The molecule has 1 fully saturated rings. The van der Waals surface area contributed by atoms with Gasteiger partial charge in [-0.15, -0.1) is 0 Å². The van der Waals surface area contributed by atoms with Crippen LogP contribution in [0.15, 0.2) is 12.4 Å². The largest absolute Gasteiger partial charge is 0.345 e. The molecule has 0 amide bonds. The van der Waals surface area contributed by atoms with E-state index in [0.29, 0.717) is 12.0 Å². The van der Waals surface area contributed by atoms with Gasteiger partial charge in [0.2, 0.25) is 11.1 Å². The summed E-state index contributed by atoms with van der Waals surface area (Å²) in [6, 6.07) is 0.401. The zero-order valence-electron chi connectivity index (χ0n) is 14.2. The van der Waals surface area contributed by atoms with Gasteiger partial charge in [0.05, 0.1) is 0 Å². The Bertz CT molecular complexity index is 638. The molecule has 23 heavy (non-hydrogen) atoms. The number of aromatic nitrogens is 4. The highest BCUT2D eigenvalue weighted by Crippen LogP contribution is 2.26. The van der Waals surface area contributed by atoms with Crippen LogP contribution in [-0.4, -0.2) is 45.5 Å². The molecule has 3 rings (SSSR count). The van der Waals surface area contributed by atoms with Crippen LogP contribution in [0.2, 0.25) is 0 Å². The fraction of sp³-hybridized carbons (Fsp3) is 0.625. The summed E-state index contributed by atoms with van der Waals surface area (Å²) in [5.41, 5.74) is 1.09. The molecule has 0 N–H and O–H groups in total. The van der Waals surface area contributed by atoms with Crippen molar-refractivity contribution in [1.82, 2.24) is 19.3 Å². The van der Waals surface area contributed by atoms with Gasteiger partial charge in [-0.2, -0.15) is 4.37 Å². The van der Waals surface area contributed by atoms with Crippen LogP contribution in [-0.2, 0) is 0 Å². The molecule has 0 aromatic carbocycles. The van der Waals surface area contributed by atoms with E-state index in [1.54, 1.807) is 0 Å². The minimum Gasteiger partial charge on any atom is -0.345 e. The van der Waals surface area contributed by atoms with Crippen molar-refractivity contribution in [2.45, 2.75) is 45.6 Å². The Morgan fingerprint density at radius 1 is 1.30 bits per heavy atom. The topological polar surface area (TPSA) is 58.0 Å². The van der Waals surface area contributed by atoms with Crippen molar-refractivity contribution in [2.24, 2.45) is 0 Å². The Kier molecular flexibility index (Phi) is 4.75. The number of rotatable bonds is 4. The molecule has 1 aliphatic heterocycles. The van der Waals surface area contributed by atoms with Crippen molar-refractivity contribution < 1.29 is 0 Å². The molecule has 1 saturated heterocycles. The number of aryl methyl sites for hydroxylation is 1. The van der Waals surface area contributed by atoms with Gasteiger partial charge in [-0.3, -0.25) is 0 Å². The SMILES string of the molecule is Cc1cnc(N(C)C2CCCN(c3nc(C(C)C)ns3)C2)nc1. The van der Waals surface area contributed by atoms with E-state index in [9.17, 15) is 0 Å². The highest BCUT2D eigenvalue weighted by atomic mass is 32.1. The lowest BCUT2D eigenvalue weighted by Gasteiger charge is -2.37. The fourth-order valence-corrected chi connectivity index (χ4v) is 3.61. The minimum absolute atomic E-state index is 0.379. The van der Waals surface area contributed by atoms with Crippen molar-refractivity contribution in [3.8, 4) is 0 Å². The molecule has 0 spiro atoms. The molecule has 124 valence electrons. The number of anilines is 2. The number of hydrogen-bond donors (Lipinski definition) is 0. The Labute approximate surface area is 141 Å². The lowest BCUT2D eigenvalue weighted by molar-refractivity contribution is 0.482. The third-order valence-corrected chi connectivity index (χ3v) is 5.04. The van der Waals surface area contributed by atoms with Gasteiger partial charge in [-0.1, -0.05) is 13.8 Å². The van der Waals surface area contributed by atoms with Crippen LogP contribution < -0.4 is 9.80 Å². The van der Waals surface area contributed by atoms with Crippen molar-refractivity contribution in [1.29, 1.82) is 0 Å². The molecule has 1 unspecified atom stereocenters. The van der Waals surface area contributed by atoms with E-state index in [0.717, 1.165) is 48.4 Å². The molecule has 0 aliphatic carbocycles. The van der Waals surface area contributed by atoms with E-state index in [1.807, 2.05) is 19.3 Å². The second-order valence-electron chi connectivity index (χ2n) is 6.50. The van der Waals surface area contributed by atoms with Crippen LogP contribution in [0.1, 0.15) is 44.0 Å². The maximum Gasteiger partial charge on any atom is 0.225 e. The van der Waals surface area contributed by atoms with Crippen LogP contribution in [0.25, 0.3) is 0 Å². The molecular formula is C16H24N6S. The summed E-state index contributed by atoms with van der Waals surface area (Å²) in [5.74, 6) is 2.12. The number of likely N-dealkylation sites (N-methyl/N-ethyl adjacent to an activating group) is 1. The van der Waals surface area contributed by atoms with E-state index >= 15 is 0 Å². The van der Waals surface area contributed by atoms with Crippen molar-refractivity contribution in [3.63, 3.8) is 0 Å². The predicted octanol–water partition coefficient (Wildman–Crippen LogP) is 2.87. The third-order valence-electron chi connectivity index (χ3n) is 4.24. The zero-order valence-corrected chi connectivity index (χ0v) is 15.0. The lowest BCUT2D eigenvalue weighted by Crippen LogP contribution is -2.47. The first-order valence-electron chi connectivity index (χ1n) is 8.14. The first-order valence-corrected chi connectivity index (χ1v) is 8.92. The molecule has 7 heteroatoms. The fourth-order valence-electron chi connectivity index (χ4n) is 2.77. The molecule has 2 aromatic heterocycles. The summed E-state index contributed by atoms with van der Waals surface area (Å²) in [4.78, 5) is 18.1. The lowest BCUT2D eigenvalue weighted by atomic mass is 10.1. The van der Waals surface area contributed by atoms with E-state index in [2.05, 4.69) is 45.0 Å². The molecule has 2 aromatic rings. The quantitative estimate of drug-likeness (QED) is 0.858. The molecule has 0 saturated carbocycles. The van der Waals surface area contributed by atoms with Gasteiger partial charge in [0, 0.05) is 56.0 Å². The van der Waals surface area contributed by atoms with Crippen LogP contribution in [0.5, 0.6) is 0 Å². The summed E-state index contributed by atoms with van der Waals surface area (Å²) < 4.78 is 4.48. The summed E-state index contributed by atoms with van der Waals surface area (Å²) in [5, 5.41) is 1.04. The van der Waals surface area contributed by atoms with E-state index in [-0.39, 0.29) is 0 Å². The Hall–Kier alpha value is -1.76. The van der Waals surface area contributed by atoms with E-state index in [1.165, 1.54) is 11.5 Å². The second-order valence-corrected chi connectivity index (χ2v) is 7.23. The predicted molar refractivity (Wildman–Crippen MR) is 94.4 cm³/mol. The Morgan fingerprint density at radius 3 is 2.70 bits per heavy atom. The van der Waals surface area contributed by atoms with Gasteiger partial charge in [-0.25, -0.2) is 15.0 Å². The molecule has 3 heterocycles. The smallest absolute Gasteiger partial charge is 0.225 e. The van der Waals surface area contributed by atoms with Crippen LogP contribution in [0.4, 0.5) is 11.1 Å². The van der Waals surface area contributed by atoms with Gasteiger partial charge in [-0.05, 0) is 25.3 Å². The maximum atomic E-state index is 4.70. The van der Waals surface area contributed by atoms with Crippen molar-refractivity contribution >= 4 is 22.6 Å². The number of nitrogens with zero attached hydrogens (tertiary/aromatic N) is 6. The second kappa shape index (κ2) is 6.78. The van der Waals surface area contributed by atoms with Crippen molar-refractivity contribution in [2.75, 3.05) is 29.9 Å². The Balaban J connectivity index is 1.71. The third kappa shape index (κ3) is 3.60. The van der Waals surface area contributed by atoms with Crippen LogP contribution in [0.3, 0.4) is 0 Å². The molecule has 0 bridgehead atoms. The highest BCUT2D eigenvalue weighted by molar-refractivity contribution is 7.09. The van der Waals surface area contributed by atoms with Gasteiger partial charge >= 0.3 is 0 Å². The maximum absolute atomic E-state index is 4.70. The highest BCUT2D eigenvalue weighted by Gasteiger charge is 2.26. The molecule has 0 radical (unpaired) electrons. The summed E-state index contributed by atoms with van der Waals surface area (Å²) in [6.07, 6.45) is 6.05. The molecule has 6 nitrogen and oxygen atoms in total. The summed E-state index contributed by atoms with van der Waals surface area (Å²) in [6.45, 7) is 8.26. The number of piperidine rings is 1. The summed E-state index contributed by atoms with van der Waals surface area (Å²) in [7, 11) is 2.08. The normalized spacial score (nSPS) is 18.5. The Morgan fingerprint density at radius 2 is 2.04 bits per heavy atom. The molecular weight excluding hydrogens is 308 g/mol. The van der Waals surface area contributed by atoms with E-state index in [4.69, 9.17) is 4.98 Å². The number of hydrogen-bond acceptors (Lipinski definition) is 7.